The van der Waals surface area contributed by atoms with Crippen molar-refractivity contribution in [2.75, 3.05) is 0 Å². The summed E-state index contributed by atoms with van der Waals surface area (Å²) in [6.07, 6.45) is 1.20. The van der Waals surface area contributed by atoms with Gasteiger partial charge in [-0.05, 0) is 6.07 Å². The Morgan fingerprint density at radius 1 is 1.05 bits per heavy atom. The van der Waals surface area contributed by atoms with Gasteiger partial charge in [0.05, 0.1) is 11.1 Å². The molecule has 0 bridgehead atoms. The van der Waals surface area contributed by atoms with Gasteiger partial charge in [-0.1, -0.05) is 12.1 Å². The van der Waals surface area contributed by atoms with Crippen molar-refractivity contribution in [3.8, 4) is 5.75 Å². The van der Waals surface area contributed by atoms with Gasteiger partial charge in [-0.15, -0.1) is 0 Å². The molecule has 21 heavy (non-hydrogen) atoms. The summed E-state index contributed by atoms with van der Waals surface area (Å²) in [5, 5.41) is 0. The largest absolute Gasteiger partial charge is 0.426 e. The van der Waals surface area contributed by atoms with E-state index in [1.165, 1.54) is 31.3 Å². The van der Waals surface area contributed by atoms with Gasteiger partial charge in [-0.2, -0.15) is 0 Å². The lowest BCUT2D eigenvalue weighted by Crippen LogP contribution is -2.25. The Balaban J connectivity index is 2.27. The number of hydrogen-bond acceptors (Lipinski definition) is 5. The molecule has 1 N–H and O–H groups in total. The van der Waals surface area contributed by atoms with E-state index in [0.717, 1.165) is 6.07 Å². The van der Waals surface area contributed by atoms with Crippen LogP contribution < -0.4 is 10.3 Å². The number of nitrogens with one attached hydrogen (secondary N) is 1. The number of benzene rings is 1. The van der Waals surface area contributed by atoms with E-state index in [2.05, 4.69) is 4.98 Å². The molecule has 0 fully saturated rings. The maximum absolute atomic E-state index is 12.5. The average molecular weight is 283 g/mol. The summed E-state index contributed by atoms with van der Waals surface area (Å²) in [6.45, 7) is 1.21. The first-order valence-electron chi connectivity index (χ1n) is 6.12. The first kappa shape index (κ1) is 13.0. The number of hydrogen-bond donors (Lipinski definition) is 1. The van der Waals surface area contributed by atoms with Crippen molar-refractivity contribution >= 4 is 17.5 Å². The van der Waals surface area contributed by atoms with Crippen molar-refractivity contribution in [3.05, 3.63) is 63.1 Å². The van der Waals surface area contributed by atoms with Gasteiger partial charge in [0.2, 0.25) is 5.56 Å². The normalized spacial score (nSPS) is 12.6. The number of carbonyl (C=O) groups is 3. The predicted molar refractivity (Wildman–Crippen MR) is 71.7 cm³/mol. The molecule has 2 aromatic rings. The highest BCUT2D eigenvalue weighted by Crippen LogP contribution is 2.32. The third-order valence-electron chi connectivity index (χ3n) is 3.17. The molecule has 3 rings (SSSR count). The second kappa shape index (κ2) is 4.52. The van der Waals surface area contributed by atoms with E-state index in [1.807, 2.05) is 0 Å². The molecule has 0 unspecified atom stereocenters. The fourth-order valence-corrected chi connectivity index (χ4v) is 2.32. The van der Waals surface area contributed by atoms with Gasteiger partial charge in [0.15, 0.2) is 11.6 Å². The minimum atomic E-state index is -0.587. The summed E-state index contributed by atoms with van der Waals surface area (Å²) >= 11 is 0. The lowest BCUT2D eigenvalue weighted by Gasteiger charge is -2.18. The van der Waals surface area contributed by atoms with E-state index in [-0.39, 0.29) is 28.0 Å². The van der Waals surface area contributed by atoms with Crippen molar-refractivity contribution in [3.63, 3.8) is 0 Å². The third kappa shape index (κ3) is 1.97. The van der Waals surface area contributed by atoms with Crippen LogP contribution >= 0.6 is 0 Å². The fraction of sp³-hybridized carbons (Fsp3) is 0.0667. The maximum Gasteiger partial charge on any atom is 0.308 e. The molecule has 1 aromatic heterocycles. The number of aromatic amines is 1. The van der Waals surface area contributed by atoms with Gasteiger partial charge in [-0.25, -0.2) is 0 Å². The highest BCUT2D eigenvalue weighted by atomic mass is 16.5. The maximum atomic E-state index is 12.5. The highest BCUT2D eigenvalue weighted by molar-refractivity contribution is 6.29. The molecule has 0 aliphatic heterocycles. The van der Waals surface area contributed by atoms with Crippen molar-refractivity contribution in [2.45, 2.75) is 6.92 Å². The van der Waals surface area contributed by atoms with Gasteiger partial charge >= 0.3 is 5.97 Å². The number of esters is 1. The average Bonchev–Trinajstić information content (AvgIpc) is 2.44. The molecule has 0 saturated carbocycles. The molecule has 1 heterocycles. The zero-order valence-electron chi connectivity index (χ0n) is 10.9. The molecule has 0 amide bonds. The van der Waals surface area contributed by atoms with E-state index in [9.17, 15) is 19.2 Å². The molecular weight excluding hydrogens is 274 g/mol. The molecule has 1 aliphatic carbocycles. The van der Waals surface area contributed by atoms with Crippen LogP contribution in [-0.4, -0.2) is 22.5 Å². The van der Waals surface area contributed by atoms with Crippen LogP contribution in [0.5, 0.6) is 5.75 Å². The molecule has 0 saturated heterocycles. The van der Waals surface area contributed by atoms with E-state index in [4.69, 9.17) is 4.74 Å². The monoisotopic (exact) mass is 283 g/mol. The summed E-state index contributed by atoms with van der Waals surface area (Å²) in [5.74, 6) is -1.46. The van der Waals surface area contributed by atoms with Gasteiger partial charge in [0, 0.05) is 30.3 Å². The van der Waals surface area contributed by atoms with Gasteiger partial charge in [-0.3, -0.25) is 19.2 Å². The van der Waals surface area contributed by atoms with Crippen LogP contribution in [0.1, 0.15) is 38.8 Å². The molecule has 6 nitrogen and oxygen atoms in total. The van der Waals surface area contributed by atoms with E-state index >= 15 is 0 Å². The Morgan fingerprint density at radius 3 is 2.52 bits per heavy atom. The Hall–Kier alpha value is -3.02. The second-order valence-corrected chi connectivity index (χ2v) is 4.56. The Morgan fingerprint density at radius 2 is 1.81 bits per heavy atom. The summed E-state index contributed by atoms with van der Waals surface area (Å²) < 4.78 is 4.99. The zero-order valence-corrected chi connectivity index (χ0v) is 10.9. The summed E-state index contributed by atoms with van der Waals surface area (Å²) in [4.78, 5) is 49.7. The van der Waals surface area contributed by atoms with Crippen LogP contribution in [0.3, 0.4) is 0 Å². The summed E-state index contributed by atoms with van der Waals surface area (Å²) in [5.41, 5.74) is -0.161. The van der Waals surface area contributed by atoms with E-state index in [1.54, 1.807) is 0 Å². The van der Waals surface area contributed by atoms with Crippen LogP contribution in [0.15, 0.2) is 35.3 Å². The Labute approximate surface area is 118 Å². The Kier molecular flexibility index (Phi) is 2.79. The molecular formula is C15H9NO5. The zero-order chi connectivity index (χ0) is 15.1. The van der Waals surface area contributed by atoms with Crippen LogP contribution in [0, 0.1) is 0 Å². The minimum absolute atomic E-state index is 0.0372. The number of ketones is 2. The number of H-pyrrole nitrogens is 1. The SMILES string of the molecule is CC(=O)Oc1cccc2c1C(=O)c1c[nH]c(=O)cc1C2=O. The quantitative estimate of drug-likeness (QED) is 0.532. The molecule has 0 spiro atoms. The van der Waals surface area contributed by atoms with Crippen molar-refractivity contribution < 1.29 is 19.1 Å². The molecule has 1 aromatic carbocycles. The van der Waals surface area contributed by atoms with E-state index in [0.29, 0.717) is 0 Å². The number of carbonyl (C=O) groups excluding carboxylic acids is 3. The first-order valence-corrected chi connectivity index (χ1v) is 6.12. The number of pyridine rings is 1. The van der Waals surface area contributed by atoms with Gasteiger partial charge in [0.25, 0.3) is 0 Å². The van der Waals surface area contributed by atoms with Crippen LogP contribution in [-0.2, 0) is 4.79 Å². The first-order chi connectivity index (χ1) is 9.99. The van der Waals surface area contributed by atoms with Gasteiger partial charge in [0.1, 0.15) is 5.75 Å². The second-order valence-electron chi connectivity index (χ2n) is 4.56. The summed E-state index contributed by atoms with van der Waals surface area (Å²) in [6, 6.07) is 5.52. The Bertz CT molecular complexity index is 863. The highest BCUT2D eigenvalue weighted by Gasteiger charge is 2.32. The lowest BCUT2D eigenvalue weighted by atomic mass is 9.84. The number of rotatable bonds is 1. The molecule has 6 heteroatoms. The minimum Gasteiger partial charge on any atom is -0.426 e. The van der Waals surface area contributed by atoms with Crippen LogP contribution in [0.25, 0.3) is 0 Å². The lowest BCUT2D eigenvalue weighted by molar-refractivity contribution is -0.131. The number of aromatic nitrogens is 1. The van der Waals surface area contributed by atoms with Crippen LogP contribution in [0.2, 0.25) is 0 Å². The number of ether oxygens (including phenoxy) is 1. The molecule has 0 radical (unpaired) electrons. The smallest absolute Gasteiger partial charge is 0.308 e. The van der Waals surface area contributed by atoms with Crippen molar-refractivity contribution in [2.24, 2.45) is 0 Å². The predicted octanol–water partition coefficient (Wildman–Crippen LogP) is 1.08. The van der Waals surface area contributed by atoms with Gasteiger partial charge < -0.3 is 9.72 Å². The fourth-order valence-electron chi connectivity index (χ4n) is 2.32. The molecule has 1 aliphatic rings. The van der Waals surface area contributed by atoms with E-state index < -0.39 is 23.1 Å². The van der Waals surface area contributed by atoms with Crippen LogP contribution in [0.4, 0.5) is 0 Å². The standard InChI is InChI=1S/C15H9NO5/c1-7(17)21-11-4-2-3-8-13(11)15(20)10-6-16-12(18)5-9(10)14(8)19/h2-6H,1H3,(H,16,18). The van der Waals surface area contributed by atoms with Crippen molar-refractivity contribution in [1.29, 1.82) is 0 Å². The molecule has 0 atom stereocenters. The topological polar surface area (TPSA) is 93.3 Å². The third-order valence-corrected chi connectivity index (χ3v) is 3.17. The number of fused-ring (bicyclic) bond motifs is 2. The molecule has 104 valence electrons. The van der Waals surface area contributed by atoms with Crippen molar-refractivity contribution in [1.82, 2.24) is 4.98 Å². The summed E-state index contributed by atoms with van der Waals surface area (Å²) in [7, 11) is 0.